The Labute approximate surface area is 124 Å². The number of ether oxygens (including phenoxy) is 1. The van der Waals surface area contributed by atoms with Crippen molar-refractivity contribution in [2.24, 2.45) is 5.92 Å². The highest BCUT2D eigenvalue weighted by molar-refractivity contribution is 5.39. The van der Waals surface area contributed by atoms with E-state index in [1.54, 1.807) is 6.07 Å². The van der Waals surface area contributed by atoms with Gasteiger partial charge in [0.1, 0.15) is 5.75 Å². The van der Waals surface area contributed by atoms with Crippen molar-refractivity contribution in [2.45, 2.75) is 46.3 Å². The maximum atomic E-state index is 13.1. The Morgan fingerprint density at radius 3 is 2.52 bits per heavy atom. The second-order valence-electron chi connectivity index (χ2n) is 5.54. The van der Waals surface area contributed by atoms with E-state index in [0.717, 1.165) is 19.4 Å². The molecule has 0 aliphatic rings. The molecule has 0 spiro atoms. The summed E-state index contributed by atoms with van der Waals surface area (Å²) in [6.45, 7) is 7.55. The number of alkyl halides is 3. The monoisotopic (exact) mass is 303 g/mol. The Kier molecular flexibility index (Phi) is 7.02. The van der Waals surface area contributed by atoms with Gasteiger partial charge >= 0.3 is 6.18 Å². The van der Waals surface area contributed by atoms with Crippen molar-refractivity contribution >= 4 is 0 Å². The predicted molar refractivity (Wildman–Crippen MR) is 78.4 cm³/mol. The fourth-order valence-electron chi connectivity index (χ4n) is 1.85. The molecule has 0 radical (unpaired) electrons. The molecule has 120 valence electrons. The van der Waals surface area contributed by atoms with Gasteiger partial charge in [-0.3, -0.25) is 0 Å². The topological polar surface area (TPSA) is 21.3 Å². The first-order valence-electron chi connectivity index (χ1n) is 7.38. The molecule has 0 atom stereocenters. The van der Waals surface area contributed by atoms with E-state index in [9.17, 15) is 13.2 Å². The van der Waals surface area contributed by atoms with Crippen molar-refractivity contribution in [1.82, 2.24) is 5.32 Å². The molecule has 0 unspecified atom stereocenters. The molecule has 0 amide bonds. The van der Waals surface area contributed by atoms with Crippen LogP contribution in [0.25, 0.3) is 0 Å². The van der Waals surface area contributed by atoms with Crippen molar-refractivity contribution < 1.29 is 17.9 Å². The number of hydrogen-bond donors (Lipinski definition) is 1. The predicted octanol–water partition coefficient (Wildman–Crippen LogP) is 4.63. The minimum absolute atomic E-state index is 0.0811. The summed E-state index contributed by atoms with van der Waals surface area (Å²) in [4.78, 5) is 0. The van der Waals surface area contributed by atoms with Gasteiger partial charge < -0.3 is 10.1 Å². The highest BCUT2D eigenvalue weighted by Crippen LogP contribution is 2.37. The molecule has 0 heterocycles. The molecule has 0 saturated heterocycles. The molecule has 0 bridgehead atoms. The first-order valence-corrected chi connectivity index (χ1v) is 7.38. The van der Waals surface area contributed by atoms with E-state index >= 15 is 0 Å². The highest BCUT2D eigenvalue weighted by Gasteiger charge is 2.34. The van der Waals surface area contributed by atoms with E-state index < -0.39 is 11.7 Å². The van der Waals surface area contributed by atoms with E-state index in [-0.39, 0.29) is 5.75 Å². The normalized spacial score (nSPS) is 12.0. The third kappa shape index (κ3) is 6.38. The SMILES string of the molecule is CCCNCc1ccc(OCCC(C)C)c(C(F)(F)F)c1. The third-order valence-electron chi connectivity index (χ3n) is 3.06. The number of halogens is 3. The molecule has 5 heteroatoms. The van der Waals surface area contributed by atoms with Crippen LogP contribution in [0.1, 0.15) is 44.7 Å². The minimum Gasteiger partial charge on any atom is -0.493 e. The van der Waals surface area contributed by atoms with Crippen molar-refractivity contribution in [2.75, 3.05) is 13.2 Å². The van der Waals surface area contributed by atoms with Crippen molar-refractivity contribution in [1.29, 1.82) is 0 Å². The Morgan fingerprint density at radius 1 is 1.24 bits per heavy atom. The summed E-state index contributed by atoms with van der Waals surface area (Å²) >= 11 is 0. The lowest BCUT2D eigenvalue weighted by molar-refractivity contribution is -0.139. The molecular weight excluding hydrogens is 279 g/mol. The van der Waals surface area contributed by atoms with Gasteiger partial charge in [0.05, 0.1) is 12.2 Å². The van der Waals surface area contributed by atoms with Gasteiger partial charge in [-0.05, 0) is 43.0 Å². The van der Waals surface area contributed by atoms with Gasteiger partial charge in [0.15, 0.2) is 0 Å². The average Bonchev–Trinajstić information content (AvgIpc) is 2.38. The summed E-state index contributed by atoms with van der Waals surface area (Å²) in [5.41, 5.74) is -0.0750. The van der Waals surface area contributed by atoms with Crippen LogP contribution >= 0.6 is 0 Å². The third-order valence-corrected chi connectivity index (χ3v) is 3.06. The molecule has 0 fully saturated rings. The zero-order chi connectivity index (χ0) is 15.9. The second kappa shape index (κ2) is 8.27. The summed E-state index contributed by atoms with van der Waals surface area (Å²) in [6.07, 6.45) is -2.71. The smallest absolute Gasteiger partial charge is 0.419 e. The van der Waals surface area contributed by atoms with Gasteiger partial charge in [-0.2, -0.15) is 13.2 Å². The van der Waals surface area contributed by atoms with Crippen LogP contribution in [-0.4, -0.2) is 13.2 Å². The summed E-state index contributed by atoms with van der Waals surface area (Å²) in [5.74, 6) is 0.319. The van der Waals surface area contributed by atoms with Gasteiger partial charge in [0.25, 0.3) is 0 Å². The Morgan fingerprint density at radius 2 is 1.95 bits per heavy atom. The van der Waals surface area contributed by atoms with Crippen LogP contribution in [0.15, 0.2) is 18.2 Å². The van der Waals surface area contributed by atoms with Crippen LogP contribution in [0.5, 0.6) is 5.75 Å². The number of nitrogens with one attached hydrogen (secondary N) is 1. The van der Waals surface area contributed by atoms with Crippen LogP contribution in [0.4, 0.5) is 13.2 Å². The molecule has 1 aromatic carbocycles. The lowest BCUT2D eigenvalue weighted by Crippen LogP contribution is -2.15. The second-order valence-corrected chi connectivity index (χ2v) is 5.54. The van der Waals surface area contributed by atoms with Crippen LogP contribution in [-0.2, 0) is 12.7 Å². The molecule has 1 rings (SSSR count). The molecular formula is C16H24F3NO. The summed E-state index contributed by atoms with van der Waals surface area (Å²) in [6, 6.07) is 4.28. The molecule has 0 aliphatic carbocycles. The van der Waals surface area contributed by atoms with Gasteiger partial charge in [-0.15, -0.1) is 0 Å². The van der Waals surface area contributed by atoms with E-state index in [2.05, 4.69) is 5.32 Å². The number of rotatable bonds is 8. The molecule has 0 aromatic heterocycles. The van der Waals surface area contributed by atoms with Crippen molar-refractivity contribution in [3.05, 3.63) is 29.3 Å². The molecule has 1 N–H and O–H groups in total. The van der Waals surface area contributed by atoms with E-state index in [1.165, 1.54) is 12.1 Å². The lowest BCUT2D eigenvalue weighted by atomic mass is 10.1. The fourth-order valence-corrected chi connectivity index (χ4v) is 1.85. The van der Waals surface area contributed by atoms with Crippen LogP contribution in [0, 0.1) is 5.92 Å². The zero-order valence-corrected chi connectivity index (χ0v) is 12.9. The lowest BCUT2D eigenvalue weighted by Gasteiger charge is -2.16. The minimum atomic E-state index is -4.39. The van der Waals surface area contributed by atoms with Crippen LogP contribution in [0.2, 0.25) is 0 Å². The van der Waals surface area contributed by atoms with Crippen molar-refractivity contribution in [3.63, 3.8) is 0 Å². The maximum Gasteiger partial charge on any atom is 0.419 e. The summed E-state index contributed by atoms with van der Waals surface area (Å²) in [7, 11) is 0. The van der Waals surface area contributed by atoms with E-state index in [0.29, 0.717) is 24.6 Å². The quantitative estimate of drug-likeness (QED) is 0.707. The van der Waals surface area contributed by atoms with E-state index in [4.69, 9.17) is 4.74 Å². The summed E-state index contributed by atoms with van der Waals surface area (Å²) < 4.78 is 44.6. The zero-order valence-electron chi connectivity index (χ0n) is 12.9. The fraction of sp³-hybridized carbons (Fsp3) is 0.625. The van der Waals surface area contributed by atoms with Gasteiger partial charge in [0.2, 0.25) is 0 Å². The first kappa shape index (κ1) is 17.8. The number of hydrogen-bond acceptors (Lipinski definition) is 2. The standard InChI is InChI=1S/C16H24F3NO/c1-4-8-20-11-13-5-6-15(21-9-7-12(2)3)14(10-13)16(17,18)19/h5-6,10,12,20H,4,7-9,11H2,1-3H3. The van der Waals surface area contributed by atoms with Crippen LogP contribution in [0.3, 0.4) is 0 Å². The van der Waals surface area contributed by atoms with Gasteiger partial charge in [-0.25, -0.2) is 0 Å². The van der Waals surface area contributed by atoms with Crippen molar-refractivity contribution in [3.8, 4) is 5.75 Å². The molecule has 1 aromatic rings. The van der Waals surface area contributed by atoms with E-state index in [1.807, 2.05) is 20.8 Å². The number of benzene rings is 1. The van der Waals surface area contributed by atoms with Gasteiger partial charge in [0, 0.05) is 6.54 Å². The average molecular weight is 303 g/mol. The van der Waals surface area contributed by atoms with Gasteiger partial charge in [-0.1, -0.05) is 26.8 Å². The molecule has 0 aliphatic heterocycles. The Balaban J connectivity index is 2.82. The Hall–Kier alpha value is -1.23. The molecule has 2 nitrogen and oxygen atoms in total. The molecule has 0 saturated carbocycles. The largest absolute Gasteiger partial charge is 0.493 e. The molecule has 21 heavy (non-hydrogen) atoms. The first-order chi connectivity index (χ1) is 9.84. The highest BCUT2D eigenvalue weighted by atomic mass is 19.4. The van der Waals surface area contributed by atoms with Crippen LogP contribution < -0.4 is 10.1 Å². The maximum absolute atomic E-state index is 13.1. The summed E-state index contributed by atoms with van der Waals surface area (Å²) in [5, 5.41) is 3.10. The Bertz CT molecular complexity index is 430.